The van der Waals surface area contributed by atoms with Crippen molar-refractivity contribution in [1.29, 1.82) is 0 Å². The number of methoxy groups -OCH3 is 1. The van der Waals surface area contributed by atoms with Crippen LogP contribution in [0.1, 0.15) is 54.6 Å². The van der Waals surface area contributed by atoms with Gasteiger partial charge in [0.05, 0.1) is 25.8 Å². The van der Waals surface area contributed by atoms with E-state index in [0.717, 1.165) is 42.7 Å². The average Bonchev–Trinajstić information content (AvgIpc) is 3.41. The second kappa shape index (κ2) is 7.75. The van der Waals surface area contributed by atoms with Gasteiger partial charge in [-0.05, 0) is 43.7 Å². The number of hydrogen-bond acceptors (Lipinski definition) is 3. The summed E-state index contributed by atoms with van der Waals surface area (Å²) >= 11 is 0. The van der Waals surface area contributed by atoms with Crippen molar-refractivity contribution in [3.8, 4) is 5.75 Å². The van der Waals surface area contributed by atoms with E-state index in [4.69, 9.17) is 9.84 Å². The molecule has 0 aliphatic heterocycles. The lowest BCUT2D eigenvalue weighted by Crippen LogP contribution is -2.39. The number of nitrogens with zero attached hydrogens (tertiary/aromatic N) is 3. The Labute approximate surface area is 161 Å². The first kappa shape index (κ1) is 18.1. The zero-order chi connectivity index (χ0) is 18.8. The van der Waals surface area contributed by atoms with E-state index in [-0.39, 0.29) is 5.91 Å². The molecule has 0 radical (unpaired) electrons. The molecule has 2 aliphatic rings. The van der Waals surface area contributed by atoms with E-state index in [1.165, 1.54) is 30.5 Å². The molecule has 0 atom stereocenters. The fraction of sp³-hybridized carbons (Fsp3) is 0.545. The van der Waals surface area contributed by atoms with Crippen LogP contribution in [0.4, 0.5) is 0 Å². The second-order valence-corrected chi connectivity index (χ2v) is 7.80. The van der Waals surface area contributed by atoms with E-state index in [1.54, 1.807) is 7.11 Å². The molecule has 1 aromatic carbocycles. The van der Waals surface area contributed by atoms with Crippen LogP contribution in [0.15, 0.2) is 24.3 Å². The SMILES string of the molecule is COc1ccccc1CC(=O)N(Cc1nn(C)c2c1CCC2)C1CCCC1. The van der Waals surface area contributed by atoms with Gasteiger partial charge in [0.25, 0.3) is 0 Å². The first-order chi connectivity index (χ1) is 13.2. The number of para-hydroxylation sites is 1. The van der Waals surface area contributed by atoms with Gasteiger partial charge in [0.2, 0.25) is 5.91 Å². The predicted octanol–water partition coefficient (Wildman–Crippen LogP) is 3.43. The fourth-order valence-corrected chi connectivity index (χ4v) is 4.74. The third-order valence-corrected chi connectivity index (χ3v) is 6.14. The van der Waals surface area contributed by atoms with Gasteiger partial charge in [-0.25, -0.2) is 0 Å². The number of carbonyl (C=O) groups is 1. The molecular weight excluding hydrogens is 338 g/mol. The molecule has 1 amide bonds. The van der Waals surface area contributed by atoms with Gasteiger partial charge in [-0.15, -0.1) is 0 Å². The molecule has 1 saturated carbocycles. The molecule has 0 unspecified atom stereocenters. The number of amides is 1. The van der Waals surface area contributed by atoms with Crippen LogP contribution in [-0.2, 0) is 37.6 Å². The maximum Gasteiger partial charge on any atom is 0.227 e. The summed E-state index contributed by atoms with van der Waals surface area (Å²) in [4.78, 5) is 15.4. The Morgan fingerprint density at radius 2 is 2.00 bits per heavy atom. The summed E-state index contributed by atoms with van der Waals surface area (Å²) < 4.78 is 7.47. The van der Waals surface area contributed by atoms with E-state index in [1.807, 2.05) is 36.0 Å². The number of ether oxygens (including phenoxy) is 1. The molecule has 4 rings (SSSR count). The molecule has 0 N–H and O–H groups in total. The van der Waals surface area contributed by atoms with E-state index in [2.05, 4.69) is 4.90 Å². The third kappa shape index (κ3) is 3.60. The van der Waals surface area contributed by atoms with Gasteiger partial charge in [-0.1, -0.05) is 31.0 Å². The molecule has 1 heterocycles. The number of rotatable bonds is 6. The summed E-state index contributed by atoms with van der Waals surface area (Å²) in [7, 11) is 3.69. The van der Waals surface area contributed by atoms with Crippen LogP contribution in [-0.4, -0.2) is 33.7 Å². The number of hydrogen-bond donors (Lipinski definition) is 0. The standard InChI is InChI=1S/C22H29N3O2/c1-24-20-12-7-11-18(20)19(23-24)15-25(17-9-4-5-10-17)22(26)14-16-8-3-6-13-21(16)27-2/h3,6,8,13,17H,4-5,7,9-12,14-15H2,1-2H3. The quantitative estimate of drug-likeness (QED) is 0.786. The van der Waals surface area contributed by atoms with Crippen LogP contribution in [0.5, 0.6) is 5.75 Å². The summed E-state index contributed by atoms with van der Waals surface area (Å²) in [5, 5.41) is 4.76. The molecule has 144 valence electrons. The van der Waals surface area contributed by atoms with Crippen molar-refractivity contribution in [2.75, 3.05) is 7.11 Å². The lowest BCUT2D eigenvalue weighted by molar-refractivity contribution is -0.133. The minimum atomic E-state index is 0.184. The second-order valence-electron chi connectivity index (χ2n) is 7.80. The van der Waals surface area contributed by atoms with E-state index < -0.39 is 0 Å². The van der Waals surface area contributed by atoms with Gasteiger partial charge < -0.3 is 9.64 Å². The van der Waals surface area contributed by atoms with Gasteiger partial charge in [-0.2, -0.15) is 5.10 Å². The topological polar surface area (TPSA) is 47.4 Å². The molecule has 1 aromatic heterocycles. The van der Waals surface area contributed by atoms with Crippen LogP contribution in [0.2, 0.25) is 0 Å². The first-order valence-electron chi connectivity index (χ1n) is 10.1. The Hall–Kier alpha value is -2.30. The number of carbonyl (C=O) groups excluding carboxylic acids is 1. The van der Waals surface area contributed by atoms with Crippen LogP contribution < -0.4 is 4.74 Å². The van der Waals surface area contributed by atoms with Crippen molar-refractivity contribution in [2.24, 2.45) is 7.05 Å². The van der Waals surface area contributed by atoms with Crippen LogP contribution in [0.25, 0.3) is 0 Å². The first-order valence-corrected chi connectivity index (χ1v) is 10.1. The summed E-state index contributed by atoms with van der Waals surface area (Å²) in [6.07, 6.45) is 8.42. The largest absolute Gasteiger partial charge is 0.496 e. The number of aryl methyl sites for hydroxylation is 1. The van der Waals surface area contributed by atoms with E-state index in [0.29, 0.717) is 19.0 Å². The summed E-state index contributed by atoms with van der Waals surface area (Å²) in [6.45, 7) is 0.641. The fourth-order valence-electron chi connectivity index (χ4n) is 4.74. The zero-order valence-corrected chi connectivity index (χ0v) is 16.4. The van der Waals surface area contributed by atoms with Gasteiger partial charge in [0.15, 0.2) is 0 Å². The van der Waals surface area contributed by atoms with Crippen LogP contribution in [0.3, 0.4) is 0 Å². The maximum atomic E-state index is 13.3. The molecule has 1 fully saturated rings. The molecule has 2 aliphatic carbocycles. The van der Waals surface area contributed by atoms with Crippen molar-refractivity contribution in [3.63, 3.8) is 0 Å². The number of fused-ring (bicyclic) bond motifs is 1. The monoisotopic (exact) mass is 367 g/mol. The van der Waals surface area contributed by atoms with Gasteiger partial charge in [0.1, 0.15) is 5.75 Å². The van der Waals surface area contributed by atoms with Crippen LogP contribution >= 0.6 is 0 Å². The van der Waals surface area contributed by atoms with Crippen molar-refractivity contribution in [3.05, 3.63) is 46.8 Å². The minimum Gasteiger partial charge on any atom is -0.496 e. The van der Waals surface area contributed by atoms with E-state index >= 15 is 0 Å². The lowest BCUT2D eigenvalue weighted by Gasteiger charge is -2.29. The Morgan fingerprint density at radius 1 is 1.22 bits per heavy atom. The highest BCUT2D eigenvalue weighted by atomic mass is 16.5. The highest BCUT2D eigenvalue weighted by molar-refractivity contribution is 5.80. The molecule has 5 nitrogen and oxygen atoms in total. The van der Waals surface area contributed by atoms with Gasteiger partial charge in [-0.3, -0.25) is 9.48 Å². The predicted molar refractivity (Wildman–Crippen MR) is 105 cm³/mol. The van der Waals surface area contributed by atoms with Crippen molar-refractivity contribution in [2.45, 2.75) is 64.0 Å². The maximum absolute atomic E-state index is 13.3. The summed E-state index contributed by atoms with van der Waals surface area (Å²) in [5.74, 6) is 0.972. The Balaban J connectivity index is 1.58. The van der Waals surface area contributed by atoms with Gasteiger partial charge in [0, 0.05) is 24.3 Å². The minimum absolute atomic E-state index is 0.184. The smallest absolute Gasteiger partial charge is 0.227 e. The highest BCUT2D eigenvalue weighted by Crippen LogP contribution is 2.30. The Kier molecular flexibility index (Phi) is 5.19. The van der Waals surface area contributed by atoms with Crippen molar-refractivity contribution < 1.29 is 9.53 Å². The van der Waals surface area contributed by atoms with Gasteiger partial charge >= 0.3 is 0 Å². The average molecular weight is 367 g/mol. The Bertz CT molecular complexity index is 821. The summed E-state index contributed by atoms with van der Waals surface area (Å²) in [6, 6.07) is 8.16. The number of benzene rings is 1. The molecule has 27 heavy (non-hydrogen) atoms. The molecule has 0 spiro atoms. The summed E-state index contributed by atoms with van der Waals surface area (Å²) in [5.41, 5.74) is 4.80. The van der Waals surface area contributed by atoms with Crippen LogP contribution in [0, 0.1) is 0 Å². The molecule has 0 saturated heterocycles. The third-order valence-electron chi connectivity index (χ3n) is 6.14. The number of aromatic nitrogens is 2. The normalized spacial score (nSPS) is 16.5. The van der Waals surface area contributed by atoms with E-state index in [9.17, 15) is 4.79 Å². The molecule has 0 bridgehead atoms. The van der Waals surface area contributed by atoms with Crippen molar-refractivity contribution >= 4 is 5.91 Å². The molecule has 5 heteroatoms. The zero-order valence-electron chi connectivity index (χ0n) is 16.4. The Morgan fingerprint density at radius 3 is 2.78 bits per heavy atom. The molecule has 2 aromatic rings. The molecular formula is C22H29N3O2. The highest BCUT2D eigenvalue weighted by Gasteiger charge is 2.30. The lowest BCUT2D eigenvalue weighted by atomic mass is 10.1. The van der Waals surface area contributed by atoms with Crippen molar-refractivity contribution in [1.82, 2.24) is 14.7 Å².